The van der Waals surface area contributed by atoms with Crippen molar-refractivity contribution in [2.45, 2.75) is 18.9 Å². The summed E-state index contributed by atoms with van der Waals surface area (Å²) in [5.74, 6) is 1.93. The zero-order chi connectivity index (χ0) is 12.8. The molecule has 2 fully saturated rings. The van der Waals surface area contributed by atoms with Crippen LogP contribution in [0.3, 0.4) is 0 Å². The molecule has 0 amide bonds. The summed E-state index contributed by atoms with van der Waals surface area (Å²) in [5.41, 5.74) is 2.41. The van der Waals surface area contributed by atoms with Gasteiger partial charge in [-0.15, -0.1) is 0 Å². The van der Waals surface area contributed by atoms with Crippen LogP contribution in [0, 0.1) is 5.92 Å². The van der Waals surface area contributed by atoms with Gasteiger partial charge >= 0.3 is 0 Å². The van der Waals surface area contributed by atoms with E-state index in [2.05, 4.69) is 33.6 Å². The number of likely N-dealkylation sites (N-methyl/N-ethyl adjacent to an activating group) is 1. The van der Waals surface area contributed by atoms with Gasteiger partial charge in [0.25, 0.3) is 0 Å². The number of allylic oxidation sites excluding steroid dienone is 1. The molecule has 4 heteroatoms. The van der Waals surface area contributed by atoms with E-state index >= 15 is 0 Å². The van der Waals surface area contributed by atoms with Gasteiger partial charge in [-0.3, -0.25) is 0 Å². The van der Waals surface area contributed by atoms with Crippen molar-refractivity contribution in [2.75, 3.05) is 33.3 Å². The number of nitrogens with one attached hydrogen (secondary N) is 1. The van der Waals surface area contributed by atoms with E-state index in [0.717, 1.165) is 11.7 Å². The van der Waals surface area contributed by atoms with E-state index in [4.69, 9.17) is 4.74 Å². The number of fused-ring (bicyclic) bond motifs is 3. The molecule has 1 N–H and O–H groups in total. The van der Waals surface area contributed by atoms with Crippen LogP contribution in [0.4, 0.5) is 0 Å². The highest BCUT2D eigenvalue weighted by molar-refractivity contribution is 5.45. The van der Waals surface area contributed by atoms with E-state index in [1.165, 1.54) is 43.7 Å². The molecule has 4 rings (SSSR count). The first-order valence-electron chi connectivity index (χ1n) is 7.27. The monoisotopic (exact) mass is 259 g/mol. The third kappa shape index (κ3) is 1.86. The second-order valence-corrected chi connectivity index (χ2v) is 5.99. The van der Waals surface area contributed by atoms with Gasteiger partial charge < -0.3 is 19.9 Å². The number of piperidine rings is 1. The Balaban J connectivity index is 1.54. The second-order valence-electron chi connectivity index (χ2n) is 5.99. The summed E-state index contributed by atoms with van der Waals surface area (Å²) in [7, 11) is 1.96. The van der Waals surface area contributed by atoms with Gasteiger partial charge in [-0.1, -0.05) is 0 Å². The summed E-state index contributed by atoms with van der Waals surface area (Å²) in [6.07, 6.45) is 9.32. The third-order valence-electron chi connectivity index (χ3n) is 4.81. The van der Waals surface area contributed by atoms with Crippen molar-refractivity contribution in [1.29, 1.82) is 0 Å². The second kappa shape index (κ2) is 4.30. The van der Waals surface area contributed by atoms with Crippen LogP contribution in [0.5, 0.6) is 0 Å². The Morgan fingerprint density at radius 2 is 2.32 bits per heavy atom. The van der Waals surface area contributed by atoms with Crippen LogP contribution in [0.2, 0.25) is 0 Å². The molecule has 4 aliphatic rings. The maximum atomic E-state index is 5.77. The molecule has 19 heavy (non-hydrogen) atoms. The van der Waals surface area contributed by atoms with Gasteiger partial charge in [0.05, 0.1) is 5.70 Å². The van der Waals surface area contributed by atoms with Gasteiger partial charge in [0.15, 0.2) is 0 Å². The normalized spacial score (nSPS) is 36.2. The molecule has 4 nitrogen and oxygen atoms in total. The van der Waals surface area contributed by atoms with E-state index in [0.29, 0.717) is 12.6 Å². The Morgan fingerprint density at radius 3 is 3.16 bits per heavy atom. The van der Waals surface area contributed by atoms with Crippen LogP contribution in [0.25, 0.3) is 0 Å². The van der Waals surface area contributed by atoms with E-state index < -0.39 is 0 Å². The number of hydrogen-bond donors (Lipinski definition) is 1. The molecule has 102 valence electrons. The summed E-state index contributed by atoms with van der Waals surface area (Å²) < 4.78 is 5.77. The fourth-order valence-corrected chi connectivity index (χ4v) is 3.76. The lowest BCUT2D eigenvalue weighted by Gasteiger charge is -2.37. The topological polar surface area (TPSA) is 27.7 Å². The Labute approximate surface area is 114 Å². The molecule has 2 saturated heterocycles. The molecule has 0 radical (unpaired) electrons. The smallest absolute Gasteiger partial charge is 0.145 e. The summed E-state index contributed by atoms with van der Waals surface area (Å²) in [6, 6.07) is 0.619. The Hall–Kier alpha value is -1.42. The lowest BCUT2D eigenvalue weighted by molar-refractivity contribution is 0.167. The highest BCUT2D eigenvalue weighted by Crippen LogP contribution is 2.33. The summed E-state index contributed by atoms with van der Waals surface area (Å²) in [5, 5.41) is 3.22. The zero-order valence-electron chi connectivity index (χ0n) is 11.4. The van der Waals surface area contributed by atoms with Crippen molar-refractivity contribution >= 4 is 0 Å². The first-order chi connectivity index (χ1) is 9.33. The van der Waals surface area contributed by atoms with E-state index in [1.54, 1.807) is 0 Å². The summed E-state index contributed by atoms with van der Waals surface area (Å²) in [4.78, 5) is 4.97. The number of ether oxygens (including phenoxy) is 1. The molecular formula is C15H21N3O. The highest BCUT2D eigenvalue weighted by atomic mass is 16.5. The molecular weight excluding hydrogens is 238 g/mol. The molecule has 0 aromatic heterocycles. The van der Waals surface area contributed by atoms with Crippen LogP contribution in [-0.2, 0) is 4.74 Å². The van der Waals surface area contributed by atoms with Crippen molar-refractivity contribution in [1.82, 2.24) is 15.1 Å². The fraction of sp³-hybridized carbons (Fsp3) is 0.600. The quantitative estimate of drug-likeness (QED) is 0.808. The Bertz CT molecular complexity index is 468. The van der Waals surface area contributed by atoms with E-state index in [9.17, 15) is 0 Å². The van der Waals surface area contributed by atoms with E-state index in [1.807, 2.05) is 7.05 Å². The lowest BCUT2D eigenvalue weighted by atomic mass is 9.95. The molecule has 4 aliphatic heterocycles. The maximum absolute atomic E-state index is 5.77. The van der Waals surface area contributed by atoms with Gasteiger partial charge in [-0.25, -0.2) is 0 Å². The van der Waals surface area contributed by atoms with Crippen LogP contribution < -0.4 is 5.32 Å². The minimum atomic E-state index is 0.619. The van der Waals surface area contributed by atoms with Crippen molar-refractivity contribution in [3.63, 3.8) is 0 Å². The molecule has 4 heterocycles. The molecule has 1 unspecified atom stereocenters. The number of hydrogen-bond acceptors (Lipinski definition) is 4. The fourth-order valence-electron chi connectivity index (χ4n) is 3.76. The van der Waals surface area contributed by atoms with Gasteiger partial charge in [-0.05, 0) is 31.4 Å². The standard InChI is InChI=1S/C15H21N3O/c1-16-14-10-19-15-9-18(5-3-13(14)15)12-6-11-2-4-17(7-11)8-12/h3,5,9,11-12,16H,2,4,6-8,10H2,1H3/t11-,12-/m1/s1. The largest absolute Gasteiger partial charge is 0.485 e. The first kappa shape index (κ1) is 11.4. The average Bonchev–Trinajstić information content (AvgIpc) is 3.01. The molecule has 0 aromatic rings. The van der Waals surface area contributed by atoms with Crippen LogP contribution >= 0.6 is 0 Å². The van der Waals surface area contributed by atoms with Gasteiger partial charge in [0, 0.05) is 44.2 Å². The Morgan fingerprint density at radius 1 is 1.37 bits per heavy atom. The summed E-state index contributed by atoms with van der Waals surface area (Å²) in [6.45, 7) is 4.48. The highest BCUT2D eigenvalue weighted by Gasteiger charge is 2.35. The molecule has 3 atom stereocenters. The van der Waals surface area contributed by atoms with Gasteiger partial charge in [0.2, 0.25) is 0 Å². The van der Waals surface area contributed by atoms with Crippen molar-refractivity contribution in [3.8, 4) is 0 Å². The van der Waals surface area contributed by atoms with Gasteiger partial charge in [0.1, 0.15) is 12.4 Å². The van der Waals surface area contributed by atoms with Crippen LogP contribution in [-0.4, -0.2) is 49.1 Å². The molecule has 0 saturated carbocycles. The molecule has 2 bridgehead atoms. The lowest BCUT2D eigenvalue weighted by Crippen LogP contribution is -2.43. The van der Waals surface area contributed by atoms with Crippen LogP contribution in [0.15, 0.2) is 35.5 Å². The first-order valence-corrected chi connectivity index (χ1v) is 7.27. The van der Waals surface area contributed by atoms with Crippen molar-refractivity contribution in [3.05, 3.63) is 35.5 Å². The van der Waals surface area contributed by atoms with Crippen LogP contribution in [0.1, 0.15) is 12.8 Å². The minimum Gasteiger partial charge on any atom is -0.485 e. The predicted molar refractivity (Wildman–Crippen MR) is 74.1 cm³/mol. The van der Waals surface area contributed by atoms with Gasteiger partial charge in [-0.2, -0.15) is 0 Å². The Kier molecular flexibility index (Phi) is 2.58. The number of rotatable bonds is 2. The van der Waals surface area contributed by atoms with Crippen molar-refractivity contribution in [2.24, 2.45) is 5.92 Å². The zero-order valence-corrected chi connectivity index (χ0v) is 11.4. The maximum Gasteiger partial charge on any atom is 0.145 e. The average molecular weight is 259 g/mol. The number of nitrogens with zero attached hydrogens (tertiary/aromatic N) is 2. The summed E-state index contributed by atoms with van der Waals surface area (Å²) >= 11 is 0. The predicted octanol–water partition coefficient (Wildman–Crippen LogP) is 1.25. The molecule has 0 aliphatic carbocycles. The van der Waals surface area contributed by atoms with Crippen molar-refractivity contribution < 1.29 is 4.74 Å². The minimum absolute atomic E-state index is 0.619. The molecule has 0 aromatic carbocycles. The third-order valence-corrected chi connectivity index (χ3v) is 4.81. The van der Waals surface area contributed by atoms with E-state index in [-0.39, 0.29) is 0 Å². The SMILES string of the molecule is CNC1=C2C=CN([C@@H]3C[C@H]4CCN(C4)C3)C=C2OC1. The molecule has 0 spiro atoms.